The number of aromatic nitrogens is 3. The average Bonchev–Trinajstić information content (AvgIpc) is 2.79. The number of hydrogen-bond acceptors (Lipinski definition) is 6. The minimum absolute atomic E-state index is 0.0422. The molecular formula is C22H23N5O2. The third-order valence-electron chi connectivity index (χ3n) is 5.12. The second-order valence-corrected chi connectivity index (χ2v) is 7.00. The molecule has 1 atom stereocenters. The maximum Gasteiger partial charge on any atom is 0.257 e. The summed E-state index contributed by atoms with van der Waals surface area (Å²) in [4.78, 5) is 30.0. The Kier molecular flexibility index (Phi) is 5.37. The Morgan fingerprint density at radius 2 is 1.79 bits per heavy atom. The van der Waals surface area contributed by atoms with E-state index in [0.29, 0.717) is 23.6 Å². The number of nitrogens with zero attached hydrogens (tertiary/aromatic N) is 5. The first-order chi connectivity index (χ1) is 14.2. The predicted octanol–water partition coefficient (Wildman–Crippen LogP) is 2.90. The molecule has 2 aromatic heterocycles. The molecule has 0 bridgehead atoms. The zero-order valence-corrected chi connectivity index (χ0v) is 16.5. The van der Waals surface area contributed by atoms with Gasteiger partial charge in [-0.1, -0.05) is 6.07 Å². The summed E-state index contributed by atoms with van der Waals surface area (Å²) in [6.07, 6.45) is 4.87. The van der Waals surface area contributed by atoms with E-state index in [0.717, 1.165) is 24.5 Å². The van der Waals surface area contributed by atoms with Crippen molar-refractivity contribution in [3.8, 4) is 17.3 Å². The summed E-state index contributed by atoms with van der Waals surface area (Å²) in [5.74, 6) is 1.31. The van der Waals surface area contributed by atoms with E-state index in [2.05, 4.69) is 26.8 Å². The highest BCUT2D eigenvalue weighted by Crippen LogP contribution is 2.23. The Morgan fingerprint density at radius 1 is 1.03 bits per heavy atom. The number of hydrogen-bond donors (Lipinski definition) is 0. The molecule has 148 valence electrons. The normalized spacial score (nSPS) is 16.6. The lowest BCUT2D eigenvalue weighted by Crippen LogP contribution is -2.54. The molecule has 7 heteroatoms. The first-order valence-corrected chi connectivity index (χ1v) is 9.59. The second-order valence-electron chi connectivity index (χ2n) is 7.00. The lowest BCUT2D eigenvalue weighted by molar-refractivity contribution is 0.0673. The van der Waals surface area contributed by atoms with Crippen molar-refractivity contribution in [1.82, 2.24) is 19.9 Å². The lowest BCUT2D eigenvalue weighted by Gasteiger charge is -2.41. The van der Waals surface area contributed by atoms with Crippen molar-refractivity contribution in [3.05, 3.63) is 66.6 Å². The highest BCUT2D eigenvalue weighted by molar-refractivity contribution is 5.94. The van der Waals surface area contributed by atoms with E-state index < -0.39 is 0 Å². The monoisotopic (exact) mass is 389 g/mol. The first-order valence-electron chi connectivity index (χ1n) is 9.59. The molecule has 1 saturated heterocycles. The third kappa shape index (κ3) is 4.03. The van der Waals surface area contributed by atoms with Crippen LogP contribution in [0, 0.1) is 0 Å². The van der Waals surface area contributed by atoms with E-state index in [1.54, 1.807) is 25.7 Å². The Balaban J connectivity index is 1.43. The van der Waals surface area contributed by atoms with Crippen LogP contribution in [-0.2, 0) is 0 Å². The number of benzene rings is 1. The number of rotatable bonds is 4. The Labute approximate surface area is 170 Å². The third-order valence-corrected chi connectivity index (χ3v) is 5.12. The molecule has 1 unspecified atom stereocenters. The van der Waals surface area contributed by atoms with Gasteiger partial charge in [0.25, 0.3) is 5.91 Å². The van der Waals surface area contributed by atoms with Crippen LogP contribution >= 0.6 is 0 Å². The molecule has 1 aliphatic heterocycles. The summed E-state index contributed by atoms with van der Waals surface area (Å²) in [6, 6.07) is 13.7. The van der Waals surface area contributed by atoms with Crippen LogP contribution in [0.2, 0.25) is 0 Å². The van der Waals surface area contributed by atoms with Gasteiger partial charge in [0.15, 0.2) is 5.82 Å². The average molecular weight is 389 g/mol. The maximum atomic E-state index is 13.0. The number of carbonyl (C=O) groups is 1. The lowest BCUT2D eigenvalue weighted by atomic mass is 10.1. The predicted molar refractivity (Wildman–Crippen MR) is 111 cm³/mol. The molecule has 4 rings (SSSR count). The van der Waals surface area contributed by atoms with Crippen molar-refractivity contribution < 1.29 is 9.53 Å². The van der Waals surface area contributed by atoms with E-state index in [1.807, 2.05) is 47.4 Å². The van der Waals surface area contributed by atoms with E-state index >= 15 is 0 Å². The van der Waals surface area contributed by atoms with E-state index in [-0.39, 0.29) is 11.9 Å². The van der Waals surface area contributed by atoms with Crippen molar-refractivity contribution in [1.29, 1.82) is 0 Å². The van der Waals surface area contributed by atoms with Gasteiger partial charge in [-0.3, -0.25) is 9.78 Å². The smallest absolute Gasteiger partial charge is 0.257 e. The van der Waals surface area contributed by atoms with Crippen LogP contribution in [0.15, 0.2) is 61.1 Å². The minimum Gasteiger partial charge on any atom is -0.497 e. The van der Waals surface area contributed by atoms with E-state index in [4.69, 9.17) is 4.74 Å². The largest absolute Gasteiger partial charge is 0.497 e. The van der Waals surface area contributed by atoms with Crippen molar-refractivity contribution in [2.75, 3.05) is 31.6 Å². The van der Waals surface area contributed by atoms with Gasteiger partial charge < -0.3 is 14.5 Å². The van der Waals surface area contributed by atoms with Gasteiger partial charge in [0.2, 0.25) is 0 Å². The SMILES string of the molecule is COc1ccc(N2CCN(C(=O)c3cnc(-c4ccccn4)nc3)C(C)C2)cc1. The van der Waals surface area contributed by atoms with Gasteiger partial charge in [-0.2, -0.15) is 0 Å². The van der Waals surface area contributed by atoms with Gasteiger partial charge in [0.05, 0.1) is 12.7 Å². The maximum absolute atomic E-state index is 13.0. The molecule has 29 heavy (non-hydrogen) atoms. The van der Waals surface area contributed by atoms with Gasteiger partial charge >= 0.3 is 0 Å². The standard InChI is InChI=1S/C22H23N5O2/c1-16-15-26(18-6-8-19(29-2)9-7-18)11-12-27(16)22(28)17-13-24-21(25-14-17)20-5-3-4-10-23-20/h3-10,13-14,16H,11-12,15H2,1-2H3. The number of ether oxygens (including phenoxy) is 1. The summed E-state index contributed by atoms with van der Waals surface area (Å²) in [7, 11) is 1.66. The number of carbonyl (C=O) groups excluding carboxylic acids is 1. The van der Waals surface area contributed by atoms with Crippen LogP contribution in [0.3, 0.4) is 0 Å². The molecule has 0 spiro atoms. The quantitative estimate of drug-likeness (QED) is 0.683. The van der Waals surface area contributed by atoms with Gasteiger partial charge in [-0.05, 0) is 43.3 Å². The molecule has 7 nitrogen and oxygen atoms in total. The van der Waals surface area contributed by atoms with Crippen LogP contribution in [-0.4, -0.2) is 58.5 Å². The molecule has 1 fully saturated rings. The summed E-state index contributed by atoms with van der Waals surface area (Å²) in [5, 5.41) is 0. The number of methoxy groups -OCH3 is 1. The molecule has 1 amide bonds. The second kappa shape index (κ2) is 8.26. The molecular weight excluding hydrogens is 366 g/mol. The Morgan fingerprint density at radius 3 is 2.41 bits per heavy atom. The Bertz CT molecular complexity index is 961. The summed E-state index contributed by atoms with van der Waals surface area (Å²) in [5.41, 5.74) is 2.31. The van der Waals surface area contributed by atoms with E-state index in [1.165, 1.54) is 0 Å². The first kappa shape index (κ1) is 18.9. The highest BCUT2D eigenvalue weighted by atomic mass is 16.5. The van der Waals surface area contributed by atoms with Gasteiger partial charge in [0, 0.05) is 50.0 Å². The zero-order valence-electron chi connectivity index (χ0n) is 16.5. The van der Waals surface area contributed by atoms with Crippen molar-refractivity contribution in [3.63, 3.8) is 0 Å². The Hall–Kier alpha value is -3.48. The molecule has 3 aromatic rings. The summed E-state index contributed by atoms with van der Waals surface area (Å²) >= 11 is 0. The van der Waals surface area contributed by atoms with Crippen molar-refractivity contribution in [2.24, 2.45) is 0 Å². The molecule has 0 radical (unpaired) electrons. The van der Waals surface area contributed by atoms with Crippen molar-refractivity contribution in [2.45, 2.75) is 13.0 Å². The van der Waals surface area contributed by atoms with Crippen LogP contribution < -0.4 is 9.64 Å². The van der Waals surface area contributed by atoms with Crippen molar-refractivity contribution >= 4 is 11.6 Å². The van der Waals surface area contributed by atoms with Gasteiger partial charge in [0.1, 0.15) is 11.4 Å². The molecule has 0 aliphatic carbocycles. The molecule has 0 saturated carbocycles. The fourth-order valence-electron chi connectivity index (χ4n) is 3.52. The van der Waals surface area contributed by atoms with Crippen LogP contribution in [0.25, 0.3) is 11.5 Å². The highest BCUT2D eigenvalue weighted by Gasteiger charge is 2.28. The molecule has 1 aromatic carbocycles. The van der Waals surface area contributed by atoms with Gasteiger partial charge in [-0.25, -0.2) is 9.97 Å². The van der Waals surface area contributed by atoms with Crippen LogP contribution in [0.4, 0.5) is 5.69 Å². The zero-order chi connectivity index (χ0) is 20.2. The minimum atomic E-state index is -0.0422. The number of piperazine rings is 1. The summed E-state index contributed by atoms with van der Waals surface area (Å²) in [6.45, 7) is 4.25. The van der Waals surface area contributed by atoms with Gasteiger partial charge in [-0.15, -0.1) is 0 Å². The molecule has 3 heterocycles. The number of amides is 1. The topological polar surface area (TPSA) is 71.5 Å². The van der Waals surface area contributed by atoms with E-state index in [9.17, 15) is 4.79 Å². The summed E-state index contributed by atoms with van der Waals surface area (Å²) < 4.78 is 5.22. The fourth-order valence-corrected chi connectivity index (χ4v) is 3.52. The molecule has 1 aliphatic rings. The number of pyridine rings is 1. The fraction of sp³-hybridized carbons (Fsp3) is 0.273. The van der Waals surface area contributed by atoms with Crippen LogP contribution in [0.1, 0.15) is 17.3 Å². The molecule has 0 N–H and O–H groups in total. The number of anilines is 1. The van der Waals surface area contributed by atoms with Crippen LogP contribution in [0.5, 0.6) is 5.75 Å².